The number of aryl methyl sites for hydroxylation is 1. The molecule has 0 aliphatic carbocycles. The van der Waals surface area contributed by atoms with Crippen LogP contribution in [0.25, 0.3) is 0 Å². The van der Waals surface area contributed by atoms with Crippen molar-refractivity contribution >= 4 is 67.3 Å². The second-order valence-corrected chi connectivity index (χ2v) is 10.1. The van der Waals surface area contributed by atoms with Crippen LogP contribution in [-0.2, 0) is 27.7 Å². The van der Waals surface area contributed by atoms with Gasteiger partial charge in [-0.3, -0.25) is 4.79 Å². The Morgan fingerprint density at radius 2 is 1.42 bits per heavy atom. The summed E-state index contributed by atoms with van der Waals surface area (Å²) in [5, 5.41) is 0. The van der Waals surface area contributed by atoms with E-state index < -0.39 is 21.8 Å². The number of ether oxygens (including phenoxy) is 4. The quantitative estimate of drug-likeness (QED) is 0.441. The van der Waals surface area contributed by atoms with Gasteiger partial charge in [0.1, 0.15) is 0 Å². The van der Waals surface area contributed by atoms with E-state index in [9.17, 15) is 13.2 Å². The van der Waals surface area contributed by atoms with Gasteiger partial charge in [-0.25, -0.2) is 13.1 Å². The van der Waals surface area contributed by atoms with Crippen LogP contribution < -0.4 is 23.7 Å². The molecule has 0 bridgehead atoms. The standard InChI is InChI=1S/C26H25NO7S.K/c1-2-3-17-4-8-20(9-5-17)35(29,30)27-26(28)21(19-7-11-23-25(14-19)34-16-32-23)12-18-6-10-22-24(13-18)33-15-31-22;/h4-11,13-14,21H,2-3,12,15-16H2,1H3,(H,27,28);. The number of rotatable bonds is 8. The van der Waals surface area contributed by atoms with Crippen LogP contribution >= 0.6 is 0 Å². The van der Waals surface area contributed by atoms with Crippen LogP contribution in [0.5, 0.6) is 23.0 Å². The van der Waals surface area contributed by atoms with Gasteiger partial charge in [0.15, 0.2) is 23.0 Å². The SMILES string of the molecule is CCCc1ccc(S(=O)(=O)NC(=O)C(Cc2ccc3c(c2)OCO3)c2ccc3c(c2)OCO3)cc1.[K]. The van der Waals surface area contributed by atoms with Gasteiger partial charge >= 0.3 is 0 Å². The molecule has 3 aromatic carbocycles. The largest absolute Gasteiger partial charge is 0.454 e. The Bertz CT molecular complexity index is 1360. The summed E-state index contributed by atoms with van der Waals surface area (Å²) >= 11 is 0. The zero-order chi connectivity index (χ0) is 24.4. The van der Waals surface area contributed by atoms with Crippen molar-refractivity contribution in [3.05, 3.63) is 77.4 Å². The van der Waals surface area contributed by atoms with Gasteiger partial charge in [-0.15, -0.1) is 0 Å². The number of fused-ring (bicyclic) bond motifs is 2. The summed E-state index contributed by atoms with van der Waals surface area (Å²) < 4.78 is 50.0. The van der Waals surface area contributed by atoms with E-state index in [1.54, 1.807) is 42.5 Å². The number of benzene rings is 3. The maximum absolute atomic E-state index is 13.4. The van der Waals surface area contributed by atoms with Crippen molar-refractivity contribution in [1.82, 2.24) is 4.72 Å². The van der Waals surface area contributed by atoms with E-state index >= 15 is 0 Å². The van der Waals surface area contributed by atoms with Gasteiger partial charge in [-0.2, -0.15) is 0 Å². The molecular weight excluding hydrogens is 509 g/mol. The van der Waals surface area contributed by atoms with Crippen molar-refractivity contribution in [3.8, 4) is 23.0 Å². The monoisotopic (exact) mass is 534 g/mol. The summed E-state index contributed by atoms with van der Waals surface area (Å²) in [6.45, 7) is 2.29. The molecule has 1 amide bonds. The third-order valence-electron chi connectivity index (χ3n) is 6.00. The molecule has 1 radical (unpaired) electrons. The molecule has 0 saturated carbocycles. The molecule has 10 heteroatoms. The Morgan fingerprint density at radius 1 is 0.833 bits per heavy atom. The molecule has 1 unspecified atom stereocenters. The van der Waals surface area contributed by atoms with E-state index in [1.807, 2.05) is 6.07 Å². The first-order chi connectivity index (χ1) is 16.9. The molecule has 2 aliphatic rings. The summed E-state index contributed by atoms with van der Waals surface area (Å²) in [6, 6.07) is 17.2. The van der Waals surface area contributed by atoms with E-state index in [0.717, 1.165) is 24.0 Å². The molecule has 0 saturated heterocycles. The van der Waals surface area contributed by atoms with Gasteiger partial charge < -0.3 is 18.9 Å². The zero-order valence-electron chi connectivity index (χ0n) is 20.2. The minimum Gasteiger partial charge on any atom is -0.454 e. The zero-order valence-corrected chi connectivity index (χ0v) is 24.1. The first-order valence-electron chi connectivity index (χ1n) is 11.4. The van der Waals surface area contributed by atoms with E-state index in [0.29, 0.717) is 28.6 Å². The predicted octanol–water partition coefficient (Wildman–Crippen LogP) is 3.55. The second-order valence-electron chi connectivity index (χ2n) is 8.42. The van der Waals surface area contributed by atoms with Crippen LogP contribution in [0.1, 0.15) is 36.0 Å². The number of sulfonamides is 1. The van der Waals surface area contributed by atoms with Gasteiger partial charge in [-0.05, 0) is 65.9 Å². The molecule has 3 aromatic rings. The Kier molecular flexibility index (Phi) is 8.64. The molecular formula is C26H25KNO7S. The summed E-state index contributed by atoms with van der Waals surface area (Å²) in [6.07, 6.45) is 2.06. The fourth-order valence-corrected chi connectivity index (χ4v) is 5.20. The van der Waals surface area contributed by atoms with E-state index in [-0.39, 0.29) is 76.3 Å². The summed E-state index contributed by atoms with van der Waals surface area (Å²) in [5.41, 5.74) is 2.45. The summed E-state index contributed by atoms with van der Waals surface area (Å²) in [5.74, 6) is 0.869. The molecule has 8 nitrogen and oxygen atoms in total. The molecule has 0 fully saturated rings. The second kappa shape index (κ2) is 11.5. The first-order valence-corrected chi connectivity index (χ1v) is 12.8. The minimum absolute atomic E-state index is 0. The van der Waals surface area contributed by atoms with Crippen molar-refractivity contribution in [2.75, 3.05) is 13.6 Å². The van der Waals surface area contributed by atoms with Gasteiger partial charge in [-0.1, -0.05) is 37.6 Å². The summed E-state index contributed by atoms with van der Waals surface area (Å²) in [4.78, 5) is 13.5. The number of carbonyl (C=O) groups excluding carboxylic acids is 1. The minimum atomic E-state index is -4.06. The molecule has 2 heterocycles. The van der Waals surface area contributed by atoms with Crippen LogP contribution in [-0.4, -0.2) is 79.3 Å². The first kappa shape index (κ1) is 27.0. The van der Waals surface area contributed by atoms with E-state index in [2.05, 4.69) is 11.6 Å². The third-order valence-corrected chi connectivity index (χ3v) is 7.36. The average molecular weight is 535 g/mol. The molecule has 0 aromatic heterocycles. The van der Waals surface area contributed by atoms with Crippen LogP contribution in [0.3, 0.4) is 0 Å². The molecule has 1 atom stereocenters. The van der Waals surface area contributed by atoms with Gasteiger partial charge in [0.25, 0.3) is 10.0 Å². The predicted molar refractivity (Wildman–Crippen MR) is 133 cm³/mol. The molecule has 0 spiro atoms. The molecule has 2 aliphatic heterocycles. The summed E-state index contributed by atoms with van der Waals surface area (Å²) in [7, 11) is -4.06. The number of amides is 1. The van der Waals surface area contributed by atoms with Crippen molar-refractivity contribution < 1.29 is 32.2 Å². The van der Waals surface area contributed by atoms with Crippen molar-refractivity contribution in [2.45, 2.75) is 37.0 Å². The van der Waals surface area contributed by atoms with Crippen LogP contribution in [0.4, 0.5) is 0 Å². The topological polar surface area (TPSA) is 100 Å². The van der Waals surface area contributed by atoms with E-state index in [4.69, 9.17) is 18.9 Å². The third kappa shape index (κ3) is 5.90. The average Bonchev–Trinajstić information content (AvgIpc) is 3.51. The van der Waals surface area contributed by atoms with Gasteiger partial charge in [0, 0.05) is 51.4 Å². The van der Waals surface area contributed by atoms with Crippen molar-refractivity contribution in [1.29, 1.82) is 0 Å². The van der Waals surface area contributed by atoms with Crippen molar-refractivity contribution in [2.24, 2.45) is 0 Å². The molecule has 183 valence electrons. The fraction of sp³-hybridized carbons (Fsp3) is 0.269. The van der Waals surface area contributed by atoms with Crippen molar-refractivity contribution in [3.63, 3.8) is 0 Å². The number of hydrogen-bond acceptors (Lipinski definition) is 7. The maximum Gasteiger partial charge on any atom is 0.264 e. The number of carbonyl (C=O) groups is 1. The number of nitrogens with one attached hydrogen (secondary N) is 1. The Balaban J connectivity index is 0.00000304. The van der Waals surface area contributed by atoms with Crippen LogP contribution in [0, 0.1) is 0 Å². The van der Waals surface area contributed by atoms with Crippen LogP contribution in [0.2, 0.25) is 0 Å². The smallest absolute Gasteiger partial charge is 0.264 e. The van der Waals surface area contributed by atoms with Crippen LogP contribution in [0.15, 0.2) is 65.6 Å². The maximum atomic E-state index is 13.4. The van der Waals surface area contributed by atoms with Gasteiger partial charge in [0.05, 0.1) is 10.8 Å². The molecule has 36 heavy (non-hydrogen) atoms. The molecule has 5 rings (SSSR count). The normalized spacial score (nSPS) is 14.1. The fourth-order valence-electron chi connectivity index (χ4n) is 4.18. The Labute approximate surface area is 252 Å². The Morgan fingerprint density at radius 3 is 2.08 bits per heavy atom. The molecule has 1 N–H and O–H groups in total. The van der Waals surface area contributed by atoms with E-state index in [1.165, 1.54) is 12.1 Å². The Hall–Kier alpha value is -2.08. The number of hydrogen-bond donors (Lipinski definition) is 1. The van der Waals surface area contributed by atoms with Gasteiger partial charge in [0.2, 0.25) is 19.5 Å².